The second kappa shape index (κ2) is 36.2. The summed E-state index contributed by atoms with van der Waals surface area (Å²) in [6, 6.07) is 0. The molecule has 0 heterocycles. The maximum Gasteiger partial charge on any atom is 0.472 e. The Balaban J connectivity index is 3.89. The van der Waals surface area contributed by atoms with Crippen LogP contribution >= 0.6 is 7.82 Å². The van der Waals surface area contributed by atoms with E-state index in [2.05, 4.69) is 26.0 Å². The first-order valence-corrected chi connectivity index (χ1v) is 22.9. The lowest BCUT2D eigenvalue weighted by molar-refractivity contribution is -0.870. The zero-order valence-electron chi connectivity index (χ0n) is 34.4. The van der Waals surface area contributed by atoms with E-state index in [1.165, 1.54) is 128 Å². The lowest BCUT2D eigenvalue weighted by Crippen LogP contribution is -2.37. The van der Waals surface area contributed by atoms with Gasteiger partial charge in [0.2, 0.25) is 0 Å². The molecule has 8 nitrogen and oxygen atoms in total. The third kappa shape index (κ3) is 40.3. The number of nitrogens with zero attached hydrogens (tertiary/aromatic N) is 1. The monoisotopic (exact) mass is 747 g/mol. The van der Waals surface area contributed by atoms with Crippen LogP contribution in [0.3, 0.4) is 0 Å². The first-order valence-electron chi connectivity index (χ1n) is 21.4. The summed E-state index contributed by atoms with van der Waals surface area (Å²) in [5.41, 5.74) is 0. The van der Waals surface area contributed by atoms with Gasteiger partial charge in [0.15, 0.2) is 0 Å². The Morgan fingerprint density at radius 2 is 1.02 bits per heavy atom. The van der Waals surface area contributed by atoms with Gasteiger partial charge in [-0.15, -0.1) is 0 Å². The summed E-state index contributed by atoms with van der Waals surface area (Å²) in [4.78, 5) is 22.5. The van der Waals surface area contributed by atoms with Gasteiger partial charge in [0.05, 0.1) is 34.4 Å². The van der Waals surface area contributed by atoms with Gasteiger partial charge in [-0.1, -0.05) is 161 Å². The van der Waals surface area contributed by atoms with Gasteiger partial charge in [-0.3, -0.25) is 13.8 Å². The fourth-order valence-corrected chi connectivity index (χ4v) is 6.70. The molecule has 51 heavy (non-hydrogen) atoms. The molecule has 0 saturated carbocycles. The van der Waals surface area contributed by atoms with Gasteiger partial charge in [0.1, 0.15) is 19.3 Å². The number of hydrogen-bond donors (Lipinski definition) is 1. The topological polar surface area (TPSA) is 91.3 Å². The Labute approximate surface area is 316 Å². The predicted octanol–water partition coefficient (Wildman–Crippen LogP) is 12.3. The maximum absolute atomic E-state index is 12.4. The molecule has 2 atom stereocenters. The molecule has 2 unspecified atom stereocenters. The Morgan fingerprint density at radius 3 is 1.49 bits per heavy atom. The normalized spacial score (nSPS) is 13.9. The SMILES string of the molecule is CCCCCCCCCC/C=C\CCCCCCCCCCCCCCOCC(COP(=O)(O)OCC[N+](C)(C)C)OC(=O)CCCCCCC. The number of carbonyl (C=O) groups excluding carboxylic acids is 1. The van der Waals surface area contributed by atoms with Gasteiger partial charge in [0, 0.05) is 13.0 Å². The molecule has 0 saturated heterocycles. The largest absolute Gasteiger partial charge is 0.472 e. The van der Waals surface area contributed by atoms with Crippen LogP contribution in [0.1, 0.15) is 194 Å². The highest BCUT2D eigenvalue weighted by Gasteiger charge is 2.26. The van der Waals surface area contributed by atoms with E-state index in [0.29, 0.717) is 24.1 Å². The Morgan fingerprint density at radius 1 is 0.588 bits per heavy atom. The quantitative estimate of drug-likeness (QED) is 0.0219. The second-order valence-corrected chi connectivity index (χ2v) is 17.2. The number of quaternary nitrogens is 1. The van der Waals surface area contributed by atoms with Gasteiger partial charge >= 0.3 is 13.8 Å². The highest BCUT2D eigenvalue weighted by Crippen LogP contribution is 2.43. The average molecular weight is 747 g/mol. The molecular formula is C42H85NO7P+. The molecular weight excluding hydrogens is 661 g/mol. The fraction of sp³-hybridized carbons (Fsp3) is 0.929. The van der Waals surface area contributed by atoms with Crippen molar-refractivity contribution in [3.05, 3.63) is 12.2 Å². The summed E-state index contributed by atoms with van der Waals surface area (Å²) < 4.78 is 34.7. The first kappa shape index (κ1) is 50.2. The van der Waals surface area contributed by atoms with Crippen molar-refractivity contribution in [3.63, 3.8) is 0 Å². The smallest absolute Gasteiger partial charge is 0.457 e. The van der Waals surface area contributed by atoms with Crippen LogP contribution < -0.4 is 0 Å². The third-order valence-corrected chi connectivity index (χ3v) is 10.3. The number of hydrogen-bond acceptors (Lipinski definition) is 6. The van der Waals surface area contributed by atoms with Gasteiger partial charge in [-0.25, -0.2) is 4.57 Å². The number of esters is 1. The number of rotatable bonds is 40. The van der Waals surface area contributed by atoms with E-state index < -0.39 is 13.9 Å². The number of ether oxygens (including phenoxy) is 2. The standard InChI is InChI=1S/C42H84NO7P/c1-6-8-10-12-13-14-15-16-17-18-19-20-21-22-23-24-25-26-27-28-29-30-32-34-37-47-39-41(50-42(44)35-33-31-11-9-7-2)40-49-51(45,46)48-38-36-43(3,4)5/h18-19,41H,6-17,20-40H2,1-5H3/p+1/b19-18-. The first-order chi connectivity index (χ1) is 24.6. The summed E-state index contributed by atoms with van der Waals surface area (Å²) in [5.74, 6) is -0.324. The second-order valence-electron chi connectivity index (χ2n) is 15.7. The molecule has 0 spiro atoms. The molecule has 304 valence electrons. The van der Waals surface area contributed by atoms with E-state index >= 15 is 0 Å². The minimum atomic E-state index is -4.25. The van der Waals surface area contributed by atoms with E-state index in [4.69, 9.17) is 18.5 Å². The van der Waals surface area contributed by atoms with Gasteiger partial charge in [-0.05, 0) is 38.5 Å². The summed E-state index contributed by atoms with van der Waals surface area (Å²) in [6.07, 6.45) is 38.7. The Kier molecular flexibility index (Phi) is 35.7. The van der Waals surface area contributed by atoms with Crippen molar-refractivity contribution in [3.8, 4) is 0 Å². The molecule has 0 aliphatic rings. The van der Waals surface area contributed by atoms with E-state index in [9.17, 15) is 14.3 Å². The Bertz CT molecular complexity index is 833. The zero-order chi connectivity index (χ0) is 37.7. The molecule has 0 aromatic heterocycles. The van der Waals surface area contributed by atoms with E-state index in [1.54, 1.807) is 0 Å². The molecule has 0 bridgehead atoms. The van der Waals surface area contributed by atoms with Gasteiger partial charge < -0.3 is 18.9 Å². The number of allylic oxidation sites excluding steroid dienone is 2. The van der Waals surface area contributed by atoms with Crippen molar-refractivity contribution >= 4 is 13.8 Å². The van der Waals surface area contributed by atoms with Crippen LogP contribution in [0.15, 0.2) is 12.2 Å². The summed E-state index contributed by atoms with van der Waals surface area (Å²) >= 11 is 0. The molecule has 0 aromatic rings. The van der Waals surface area contributed by atoms with Crippen LogP contribution in [0.2, 0.25) is 0 Å². The van der Waals surface area contributed by atoms with E-state index in [0.717, 1.165) is 44.9 Å². The van der Waals surface area contributed by atoms with Crippen molar-refractivity contribution < 1.29 is 37.3 Å². The van der Waals surface area contributed by atoms with Crippen molar-refractivity contribution in [2.75, 3.05) is 54.1 Å². The molecule has 0 fully saturated rings. The molecule has 0 aliphatic heterocycles. The number of phosphoric acid groups is 1. The zero-order valence-corrected chi connectivity index (χ0v) is 35.3. The Hall–Kier alpha value is -0.760. The van der Waals surface area contributed by atoms with Crippen molar-refractivity contribution in [2.45, 2.75) is 200 Å². The van der Waals surface area contributed by atoms with Gasteiger partial charge in [0.25, 0.3) is 0 Å². The fourth-order valence-electron chi connectivity index (χ4n) is 5.96. The number of carbonyl (C=O) groups is 1. The molecule has 0 aromatic carbocycles. The van der Waals surface area contributed by atoms with E-state index in [-0.39, 0.29) is 25.8 Å². The minimum absolute atomic E-state index is 0.0910. The van der Waals surface area contributed by atoms with Crippen LogP contribution in [0.4, 0.5) is 0 Å². The number of phosphoric ester groups is 1. The summed E-state index contributed by atoms with van der Waals surface area (Å²) in [5, 5.41) is 0. The lowest BCUT2D eigenvalue weighted by atomic mass is 10.0. The molecule has 0 rings (SSSR count). The molecule has 0 amide bonds. The predicted molar refractivity (Wildman–Crippen MR) is 215 cm³/mol. The van der Waals surface area contributed by atoms with Gasteiger partial charge in [-0.2, -0.15) is 0 Å². The average Bonchev–Trinajstić information content (AvgIpc) is 3.07. The van der Waals surface area contributed by atoms with Crippen LogP contribution in [-0.2, 0) is 27.9 Å². The molecule has 1 N–H and O–H groups in total. The van der Waals surface area contributed by atoms with Crippen LogP contribution in [-0.4, -0.2) is 75.6 Å². The number of unbranched alkanes of at least 4 members (excludes halogenated alkanes) is 24. The van der Waals surface area contributed by atoms with Crippen molar-refractivity contribution in [1.82, 2.24) is 0 Å². The molecule has 0 radical (unpaired) electrons. The molecule has 9 heteroatoms. The lowest BCUT2D eigenvalue weighted by Gasteiger charge is -2.24. The minimum Gasteiger partial charge on any atom is -0.457 e. The number of likely N-dealkylation sites (N-methyl/N-ethyl adjacent to an activating group) is 1. The van der Waals surface area contributed by atoms with Crippen LogP contribution in [0.5, 0.6) is 0 Å². The summed E-state index contributed by atoms with van der Waals surface area (Å²) in [6.45, 7) is 5.56. The summed E-state index contributed by atoms with van der Waals surface area (Å²) in [7, 11) is 1.67. The highest BCUT2D eigenvalue weighted by atomic mass is 31.2. The van der Waals surface area contributed by atoms with E-state index in [1.807, 2.05) is 21.1 Å². The van der Waals surface area contributed by atoms with Crippen LogP contribution in [0, 0.1) is 0 Å². The maximum atomic E-state index is 12.4. The third-order valence-electron chi connectivity index (χ3n) is 9.33. The van der Waals surface area contributed by atoms with Crippen molar-refractivity contribution in [1.29, 1.82) is 0 Å². The molecule has 0 aliphatic carbocycles. The van der Waals surface area contributed by atoms with Crippen molar-refractivity contribution in [2.24, 2.45) is 0 Å². The van der Waals surface area contributed by atoms with Crippen LogP contribution in [0.25, 0.3) is 0 Å². The highest BCUT2D eigenvalue weighted by molar-refractivity contribution is 7.47.